The summed E-state index contributed by atoms with van der Waals surface area (Å²) in [6.45, 7) is 0. The van der Waals surface area contributed by atoms with E-state index in [0.717, 1.165) is 59.7 Å². The zero-order chi connectivity index (χ0) is 27.6. The maximum absolute atomic E-state index is 14.9. The standard InChI is InChI=1S/C37H26N2OS/c1-41(40)32-22-12-11-21-30(32)37(26-14-5-2-6-15-26,27-16-7-3-8-17-27)35-33(41)24-23-31-34(35)29-20-13-25-38-36(29)39(31)28-18-9-4-10-19-28/h2-25H,1H2. The monoisotopic (exact) mass is 546 g/mol. The lowest BCUT2D eigenvalue weighted by Crippen LogP contribution is -2.37. The van der Waals surface area contributed by atoms with Crippen LogP contribution in [0.25, 0.3) is 27.6 Å². The molecule has 0 amide bonds. The van der Waals surface area contributed by atoms with Gasteiger partial charge in [-0.2, -0.15) is 0 Å². The second-order valence-electron chi connectivity index (χ2n) is 10.5. The fourth-order valence-electron chi connectivity index (χ4n) is 6.86. The molecule has 1 aliphatic rings. The fourth-order valence-corrected chi connectivity index (χ4v) is 8.85. The van der Waals surface area contributed by atoms with E-state index in [9.17, 15) is 4.21 Å². The van der Waals surface area contributed by atoms with Crippen LogP contribution >= 0.6 is 0 Å². The van der Waals surface area contributed by atoms with Crippen LogP contribution in [0.15, 0.2) is 156 Å². The molecule has 0 radical (unpaired) electrons. The van der Waals surface area contributed by atoms with Crippen LogP contribution < -0.4 is 0 Å². The van der Waals surface area contributed by atoms with Crippen LogP contribution in [0.1, 0.15) is 22.3 Å². The normalized spacial score (nSPS) is 17.3. The summed E-state index contributed by atoms with van der Waals surface area (Å²) < 4.78 is 17.1. The minimum atomic E-state index is -2.83. The van der Waals surface area contributed by atoms with Crippen LogP contribution in [0.4, 0.5) is 0 Å². The Hall–Kier alpha value is -4.93. The van der Waals surface area contributed by atoms with Gasteiger partial charge >= 0.3 is 0 Å². The number of rotatable bonds is 3. The highest BCUT2D eigenvalue weighted by Gasteiger charge is 2.48. The minimum absolute atomic E-state index is 0.738. The van der Waals surface area contributed by atoms with Crippen molar-refractivity contribution < 1.29 is 4.21 Å². The summed E-state index contributed by atoms with van der Waals surface area (Å²) in [5.74, 6) is 4.42. The van der Waals surface area contributed by atoms with Gasteiger partial charge in [0.2, 0.25) is 0 Å². The molecule has 1 aliphatic heterocycles. The molecule has 0 bridgehead atoms. The van der Waals surface area contributed by atoms with E-state index < -0.39 is 14.9 Å². The van der Waals surface area contributed by atoms with E-state index in [4.69, 9.17) is 4.98 Å². The molecule has 41 heavy (non-hydrogen) atoms. The molecule has 3 heterocycles. The molecule has 5 aromatic carbocycles. The molecule has 1 atom stereocenters. The number of hydrogen-bond acceptors (Lipinski definition) is 2. The summed E-state index contributed by atoms with van der Waals surface area (Å²) in [7, 11) is -2.83. The van der Waals surface area contributed by atoms with E-state index in [1.165, 1.54) is 0 Å². The highest BCUT2D eigenvalue weighted by atomic mass is 32.2. The van der Waals surface area contributed by atoms with Crippen LogP contribution in [0.5, 0.6) is 0 Å². The largest absolute Gasteiger partial charge is 0.294 e. The van der Waals surface area contributed by atoms with Gasteiger partial charge in [-0.3, -0.25) is 8.78 Å². The zero-order valence-electron chi connectivity index (χ0n) is 22.3. The van der Waals surface area contributed by atoms with Crippen LogP contribution in [-0.2, 0) is 14.9 Å². The molecule has 7 aromatic rings. The van der Waals surface area contributed by atoms with Crippen molar-refractivity contribution >= 4 is 37.3 Å². The van der Waals surface area contributed by atoms with Crippen molar-refractivity contribution in [3.8, 4) is 5.69 Å². The molecule has 1 unspecified atom stereocenters. The maximum atomic E-state index is 14.9. The molecule has 0 N–H and O–H groups in total. The maximum Gasteiger partial charge on any atom is 0.145 e. The first-order valence-corrected chi connectivity index (χ1v) is 15.4. The first-order valence-electron chi connectivity index (χ1n) is 13.7. The third kappa shape index (κ3) is 3.17. The van der Waals surface area contributed by atoms with Gasteiger partial charge < -0.3 is 0 Å². The van der Waals surface area contributed by atoms with Crippen molar-refractivity contribution in [2.75, 3.05) is 0 Å². The summed E-state index contributed by atoms with van der Waals surface area (Å²) in [5, 5.41) is 2.07. The molecule has 0 saturated carbocycles. The highest BCUT2D eigenvalue weighted by molar-refractivity contribution is 8.00. The number of fused-ring (bicyclic) bond motifs is 6. The van der Waals surface area contributed by atoms with E-state index in [1.807, 2.05) is 60.8 Å². The molecule has 3 nitrogen and oxygen atoms in total. The molecular formula is C37H26N2OS. The third-order valence-electron chi connectivity index (χ3n) is 8.46. The van der Waals surface area contributed by atoms with Crippen molar-refractivity contribution in [3.63, 3.8) is 0 Å². The Balaban J connectivity index is 1.68. The van der Waals surface area contributed by atoms with Gasteiger partial charge in [0.1, 0.15) is 5.65 Å². The smallest absolute Gasteiger partial charge is 0.145 e. The Morgan fingerprint density at radius 1 is 0.634 bits per heavy atom. The average Bonchev–Trinajstić information content (AvgIpc) is 3.37. The van der Waals surface area contributed by atoms with Crippen LogP contribution in [0, 0.1) is 0 Å². The van der Waals surface area contributed by atoms with E-state index in [1.54, 1.807) is 0 Å². The number of pyridine rings is 1. The first-order chi connectivity index (χ1) is 20.1. The molecule has 0 fully saturated rings. The SMILES string of the molecule is C=S1(=O)c2ccccc2C(c2ccccc2)(c2ccccc2)c2c1ccc1c2c2cccnc2n1-c1ccccc1. The van der Waals surface area contributed by atoms with E-state index >= 15 is 0 Å². The molecule has 8 rings (SSSR count). The Bertz CT molecular complexity index is 2160. The van der Waals surface area contributed by atoms with Crippen molar-refractivity contribution in [3.05, 3.63) is 168 Å². The Morgan fingerprint density at radius 2 is 1.24 bits per heavy atom. The second kappa shape index (κ2) is 8.79. The predicted molar refractivity (Wildman–Crippen MR) is 169 cm³/mol. The quantitative estimate of drug-likeness (QED) is 0.210. The molecule has 0 saturated heterocycles. The summed E-state index contributed by atoms with van der Waals surface area (Å²) in [4.78, 5) is 6.45. The number of benzene rings is 5. The van der Waals surface area contributed by atoms with Crippen molar-refractivity contribution in [2.45, 2.75) is 15.2 Å². The Labute approximate surface area is 239 Å². The molecule has 0 spiro atoms. The van der Waals surface area contributed by atoms with Crippen molar-refractivity contribution in [1.29, 1.82) is 0 Å². The molecule has 196 valence electrons. The van der Waals surface area contributed by atoms with Gasteiger partial charge in [-0.15, -0.1) is 0 Å². The second-order valence-corrected chi connectivity index (χ2v) is 12.8. The number of para-hydroxylation sites is 1. The first kappa shape index (κ1) is 23.9. The Kier molecular flexibility index (Phi) is 5.12. The van der Waals surface area contributed by atoms with Crippen LogP contribution in [0.2, 0.25) is 0 Å². The lowest BCUT2D eigenvalue weighted by Gasteiger charge is -2.43. The van der Waals surface area contributed by atoms with Gasteiger partial charge in [-0.05, 0) is 70.6 Å². The van der Waals surface area contributed by atoms with Crippen molar-refractivity contribution in [2.24, 2.45) is 0 Å². The summed E-state index contributed by atoms with van der Waals surface area (Å²) in [6.07, 6.45) is 1.84. The predicted octanol–water partition coefficient (Wildman–Crippen LogP) is 8.01. The summed E-state index contributed by atoms with van der Waals surface area (Å²) in [6, 6.07) is 48.0. The Morgan fingerprint density at radius 3 is 1.93 bits per heavy atom. The minimum Gasteiger partial charge on any atom is -0.294 e. The lowest BCUT2D eigenvalue weighted by atomic mass is 9.64. The lowest BCUT2D eigenvalue weighted by molar-refractivity contribution is 0.655. The van der Waals surface area contributed by atoms with Crippen LogP contribution in [0.3, 0.4) is 0 Å². The van der Waals surface area contributed by atoms with Gasteiger partial charge in [-0.25, -0.2) is 4.98 Å². The number of hydrogen-bond donors (Lipinski definition) is 0. The molecule has 2 aromatic heterocycles. The van der Waals surface area contributed by atoms with E-state index in [-0.39, 0.29) is 0 Å². The van der Waals surface area contributed by atoms with Gasteiger partial charge in [0.15, 0.2) is 0 Å². The van der Waals surface area contributed by atoms with E-state index in [2.05, 4.69) is 95.4 Å². The molecule has 4 heteroatoms. The molecule has 0 aliphatic carbocycles. The van der Waals surface area contributed by atoms with Crippen molar-refractivity contribution in [1.82, 2.24) is 9.55 Å². The third-order valence-corrected chi connectivity index (χ3v) is 10.6. The number of aromatic nitrogens is 2. The summed E-state index contributed by atoms with van der Waals surface area (Å²) >= 11 is 0. The van der Waals surface area contributed by atoms with Gasteiger partial charge in [0.05, 0.1) is 10.9 Å². The topological polar surface area (TPSA) is 34.9 Å². The van der Waals surface area contributed by atoms with Gasteiger partial charge in [0, 0.05) is 42.0 Å². The van der Waals surface area contributed by atoms with Gasteiger partial charge in [0.25, 0.3) is 0 Å². The fraction of sp³-hybridized carbons (Fsp3) is 0.0270. The number of nitrogens with zero attached hydrogens (tertiary/aromatic N) is 2. The zero-order valence-corrected chi connectivity index (χ0v) is 23.1. The van der Waals surface area contributed by atoms with Gasteiger partial charge in [-0.1, -0.05) is 97.1 Å². The highest BCUT2D eigenvalue weighted by Crippen LogP contribution is 2.56. The van der Waals surface area contributed by atoms with E-state index in [0.29, 0.717) is 0 Å². The summed E-state index contributed by atoms with van der Waals surface area (Å²) in [5.41, 5.74) is 6.43. The van der Waals surface area contributed by atoms with Crippen LogP contribution in [-0.4, -0.2) is 19.6 Å². The average molecular weight is 547 g/mol. The molecular weight excluding hydrogens is 520 g/mol.